The number of nitrogens with one attached hydrogen (secondary N) is 2. The highest BCUT2D eigenvalue weighted by atomic mass is 32.2. The SMILES string of the molecule is CC(=O)N1CCCc2ccc(S(=O)(=O)Nc3n[nH]c(-c4ccncc4)c3C)cc21. The third-order valence-corrected chi connectivity index (χ3v) is 6.41. The fourth-order valence-electron chi connectivity index (χ4n) is 3.53. The molecule has 0 spiro atoms. The Morgan fingerprint density at radius 3 is 2.69 bits per heavy atom. The van der Waals surface area contributed by atoms with Crippen LogP contribution in [-0.4, -0.2) is 36.1 Å². The Labute approximate surface area is 169 Å². The molecule has 9 heteroatoms. The number of aromatic amines is 1. The third kappa shape index (κ3) is 3.61. The molecule has 0 aliphatic carbocycles. The van der Waals surface area contributed by atoms with Gasteiger partial charge in [0.05, 0.1) is 10.6 Å². The molecule has 0 bridgehead atoms. The number of nitrogens with zero attached hydrogens (tertiary/aromatic N) is 3. The quantitative estimate of drug-likeness (QED) is 0.686. The number of hydrogen-bond donors (Lipinski definition) is 2. The van der Waals surface area contributed by atoms with Crippen LogP contribution >= 0.6 is 0 Å². The second-order valence-corrected chi connectivity index (χ2v) is 8.66. The van der Waals surface area contributed by atoms with Gasteiger partial charge in [-0.3, -0.25) is 19.6 Å². The van der Waals surface area contributed by atoms with E-state index in [9.17, 15) is 13.2 Å². The number of anilines is 2. The fraction of sp³-hybridized carbons (Fsp3) is 0.250. The Bertz CT molecular complexity index is 1170. The summed E-state index contributed by atoms with van der Waals surface area (Å²) in [5.74, 6) is 0.136. The van der Waals surface area contributed by atoms with Crippen LogP contribution in [0.1, 0.15) is 24.5 Å². The van der Waals surface area contributed by atoms with E-state index in [0.29, 0.717) is 17.8 Å². The predicted octanol–water partition coefficient (Wildman–Crippen LogP) is 2.88. The Kier molecular flexibility index (Phi) is 4.83. The number of pyridine rings is 1. The van der Waals surface area contributed by atoms with Gasteiger partial charge in [-0.2, -0.15) is 5.10 Å². The number of aromatic nitrogens is 3. The number of benzene rings is 1. The van der Waals surface area contributed by atoms with E-state index in [-0.39, 0.29) is 16.6 Å². The van der Waals surface area contributed by atoms with Crippen molar-refractivity contribution in [1.29, 1.82) is 0 Å². The van der Waals surface area contributed by atoms with E-state index in [1.54, 1.807) is 42.4 Å². The smallest absolute Gasteiger partial charge is 0.263 e. The van der Waals surface area contributed by atoms with Crippen molar-refractivity contribution in [2.75, 3.05) is 16.2 Å². The van der Waals surface area contributed by atoms with Crippen molar-refractivity contribution in [3.05, 3.63) is 53.9 Å². The highest BCUT2D eigenvalue weighted by molar-refractivity contribution is 7.92. The van der Waals surface area contributed by atoms with Gasteiger partial charge in [-0.05, 0) is 49.6 Å². The van der Waals surface area contributed by atoms with Crippen molar-refractivity contribution in [3.63, 3.8) is 0 Å². The van der Waals surface area contributed by atoms with Crippen LogP contribution < -0.4 is 9.62 Å². The van der Waals surface area contributed by atoms with Gasteiger partial charge in [-0.25, -0.2) is 8.42 Å². The van der Waals surface area contributed by atoms with Gasteiger partial charge in [0.15, 0.2) is 5.82 Å². The topological polar surface area (TPSA) is 108 Å². The third-order valence-electron chi connectivity index (χ3n) is 5.08. The zero-order valence-electron chi connectivity index (χ0n) is 16.1. The number of fused-ring (bicyclic) bond motifs is 1. The Balaban J connectivity index is 1.66. The number of carbonyl (C=O) groups excluding carboxylic acids is 1. The number of rotatable bonds is 4. The van der Waals surface area contributed by atoms with E-state index in [1.807, 2.05) is 12.1 Å². The lowest BCUT2D eigenvalue weighted by molar-refractivity contribution is -0.116. The monoisotopic (exact) mass is 411 g/mol. The summed E-state index contributed by atoms with van der Waals surface area (Å²) in [6.07, 6.45) is 5.00. The average Bonchev–Trinajstić information content (AvgIpc) is 3.07. The lowest BCUT2D eigenvalue weighted by Gasteiger charge is -2.29. The van der Waals surface area contributed by atoms with E-state index >= 15 is 0 Å². The fourth-order valence-corrected chi connectivity index (χ4v) is 4.62. The molecule has 0 atom stereocenters. The molecule has 3 aromatic rings. The van der Waals surface area contributed by atoms with Crippen LogP contribution in [0.4, 0.5) is 11.5 Å². The van der Waals surface area contributed by atoms with E-state index in [1.165, 1.54) is 6.92 Å². The van der Waals surface area contributed by atoms with Crippen molar-refractivity contribution >= 4 is 27.4 Å². The molecule has 0 radical (unpaired) electrons. The van der Waals surface area contributed by atoms with Crippen molar-refractivity contribution in [3.8, 4) is 11.3 Å². The normalized spacial score (nSPS) is 13.8. The van der Waals surface area contributed by atoms with Gasteiger partial charge < -0.3 is 4.90 Å². The van der Waals surface area contributed by atoms with Crippen molar-refractivity contribution in [1.82, 2.24) is 15.2 Å². The van der Waals surface area contributed by atoms with Gasteiger partial charge in [0.2, 0.25) is 5.91 Å². The van der Waals surface area contributed by atoms with Crippen LogP contribution in [0.15, 0.2) is 47.6 Å². The molecule has 150 valence electrons. The average molecular weight is 411 g/mol. The minimum atomic E-state index is -3.87. The number of aryl methyl sites for hydroxylation is 1. The molecule has 0 fully saturated rings. The van der Waals surface area contributed by atoms with Gasteiger partial charge in [-0.15, -0.1) is 0 Å². The summed E-state index contributed by atoms with van der Waals surface area (Å²) in [4.78, 5) is 17.6. The van der Waals surface area contributed by atoms with Crippen LogP contribution in [0.5, 0.6) is 0 Å². The van der Waals surface area contributed by atoms with Crippen molar-refractivity contribution in [2.24, 2.45) is 0 Å². The first-order chi connectivity index (χ1) is 13.9. The lowest BCUT2D eigenvalue weighted by atomic mass is 10.0. The van der Waals surface area contributed by atoms with Crippen molar-refractivity contribution < 1.29 is 13.2 Å². The summed E-state index contributed by atoms with van der Waals surface area (Å²) >= 11 is 0. The first-order valence-corrected chi connectivity index (χ1v) is 10.7. The summed E-state index contributed by atoms with van der Waals surface area (Å²) in [5.41, 5.74) is 3.90. The van der Waals surface area contributed by atoms with E-state index < -0.39 is 10.0 Å². The maximum atomic E-state index is 13.0. The molecule has 4 rings (SSSR count). The Morgan fingerprint density at radius 2 is 1.97 bits per heavy atom. The Morgan fingerprint density at radius 1 is 1.21 bits per heavy atom. The predicted molar refractivity (Wildman–Crippen MR) is 110 cm³/mol. The molecule has 2 N–H and O–H groups in total. The van der Waals surface area contributed by atoms with E-state index in [0.717, 1.165) is 29.7 Å². The molecule has 1 amide bonds. The van der Waals surface area contributed by atoms with Crippen LogP contribution in [0.25, 0.3) is 11.3 Å². The lowest BCUT2D eigenvalue weighted by Crippen LogP contribution is -2.33. The number of H-pyrrole nitrogens is 1. The minimum absolute atomic E-state index is 0.0947. The molecule has 0 saturated heterocycles. The number of amides is 1. The standard InChI is InChI=1S/C20H21N5O3S/c1-13-19(16-7-9-21-10-8-16)22-23-20(13)24-29(27,28)17-6-5-15-4-3-11-25(14(2)26)18(15)12-17/h5-10,12H,3-4,11H2,1-2H3,(H2,22,23,24). The molecule has 1 aliphatic heterocycles. The number of sulfonamides is 1. The van der Waals surface area contributed by atoms with Gasteiger partial charge in [0.1, 0.15) is 0 Å². The van der Waals surface area contributed by atoms with Gasteiger partial charge in [0, 0.05) is 42.7 Å². The first kappa shape index (κ1) is 19.1. The summed E-state index contributed by atoms with van der Waals surface area (Å²) in [6, 6.07) is 8.54. The summed E-state index contributed by atoms with van der Waals surface area (Å²) in [7, 11) is -3.87. The maximum absolute atomic E-state index is 13.0. The second-order valence-electron chi connectivity index (χ2n) is 6.98. The minimum Gasteiger partial charge on any atom is -0.312 e. The molecular weight excluding hydrogens is 390 g/mol. The zero-order valence-corrected chi connectivity index (χ0v) is 17.0. The largest absolute Gasteiger partial charge is 0.312 e. The molecule has 1 aromatic carbocycles. The van der Waals surface area contributed by atoms with Gasteiger partial charge >= 0.3 is 0 Å². The van der Waals surface area contributed by atoms with Crippen LogP contribution in [0.2, 0.25) is 0 Å². The van der Waals surface area contributed by atoms with Crippen LogP contribution in [0.3, 0.4) is 0 Å². The molecule has 3 heterocycles. The molecule has 29 heavy (non-hydrogen) atoms. The molecule has 2 aromatic heterocycles. The van der Waals surface area contributed by atoms with Crippen LogP contribution in [0, 0.1) is 6.92 Å². The molecule has 0 unspecified atom stereocenters. The highest BCUT2D eigenvalue weighted by Crippen LogP contribution is 2.31. The van der Waals surface area contributed by atoms with Gasteiger partial charge in [0.25, 0.3) is 10.0 Å². The molecule has 8 nitrogen and oxygen atoms in total. The second kappa shape index (κ2) is 7.32. The first-order valence-electron chi connectivity index (χ1n) is 9.26. The maximum Gasteiger partial charge on any atom is 0.263 e. The van der Waals surface area contributed by atoms with E-state index in [2.05, 4.69) is 19.9 Å². The number of carbonyl (C=O) groups is 1. The van der Waals surface area contributed by atoms with Gasteiger partial charge in [-0.1, -0.05) is 6.07 Å². The number of hydrogen-bond acceptors (Lipinski definition) is 5. The zero-order chi connectivity index (χ0) is 20.6. The summed E-state index contributed by atoms with van der Waals surface area (Å²) in [5, 5.41) is 7.01. The molecule has 0 saturated carbocycles. The van der Waals surface area contributed by atoms with Crippen molar-refractivity contribution in [2.45, 2.75) is 31.6 Å². The summed E-state index contributed by atoms with van der Waals surface area (Å²) < 4.78 is 28.5. The summed E-state index contributed by atoms with van der Waals surface area (Å²) in [6.45, 7) is 3.87. The molecular formula is C20H21N5O3S. The molecule has 1 aliphatic rings. The van der Waals surface area contributed by atoms with Crippen LogP contribution in [-0.2, 0) is 21.2 Å². The Hall–Kier alpha value is -3.20. The highest BCUT2D eigenvalue weighted by Gasteiger charge is 2.24. The van der Waals surface area contributed by atoms with E-state index in [4.69, 9.17) is 0 Å².